The summed E-state index contributed by atoms with van der Waals surface area (Å²) in [6.45, 7) is 8.18. The lowest BCUT2D eigenvalue weighted by atomic mass is 9.99. The number of benzene rings is 1. The summed E-state index contributed by atoms with van der Waals surface area (Å²) >= 11 is 0. The van der Waals surface area contributed by atoms with Crippen molar-refractivity contribution in [2.45, 2.75) is 51.2 Å². The van der Waals surface area contributed by atoms with E-state index in [0.717, 1.165) is 11.6 Å². The highest BCUT2D eigenvalue weighted by Crippen LogP contribution is 2.18. The first kappa shape index (κ1) is 23.9. The molecule has 0 aliphatic rings. The van der Waals surface area contributed by atoms with Crippen LogP contribution in [0.4, 0.5) is 13.2 Å². The first-order valence-corrected chi connectivity index (χ1v) is 12.9. The van der Waals surface area contributed by atoms with E-state index in [1.165, 1.54) is 6.92 Å². The maximum Gasteiger partial charge on any atom is 0.471 e. The van der Waals surface area contributed by atoms with E-state index in [-0.39, 0.29) is 13.0 Å². The van der Waals surface area contributed by atoms with Gasteiger partial charge in [-0.2, -0.15) is 13.2 Å². The van der Waals surface area contributed by atoms with Crippen molar-refractivity contribution >= 4 is 26.0 Å². The summed E-state index contributed by atoms with van der Waals surface area (Å²) < 4.78 is 42.7. The van der Waals surface area contributed by atoms with Crippen LogP contribution >= 0.6 is 0 Å². The van der Waals surface area contributed by atoms with Crippen molar-refractivity contribution in [3.05, 3.63) is 42.0 Å². The molecular formula is C20H28F3NO3Si. The van der Waals surface area contributed by atoms with E-state index in [1.54, 1.807) is 12.2 Å². The molecule has 156 valence electrons. The molecule has 0 aromatic heterocycles. The summed E-state index contributed by atoms with van der Waals surface area (Å²) in [4.78, 5) is 23.6. The van der Waals surface area contributed by atoms with Crippen molar-refractivity contribution in [2.24, 2.45) is 5.92 Å². The van der Waals surface area contributed by atoms with Gasteiger partial charge >= 0.3 is 18.1 Å². The zero-order chi connectivity index (χ0) is 21.4. The zero-order valence-corrected chi connectivity index (χ0v) is 17.7. The van der Waals surface area contributed by atoms with E-state index in [0.29, 0.717) is 0 Å². The Morgan fingerprint density at radius 2 is 1.79 bits per heavy atom. The van der Waals surface area contributed by atoms with Crippen molar-refractivity contribution < 1.29 is 27.5 Å². The number of ether oxygens (including phenoxy) is 1. The highest BCUT2D eigenvalue weighted by molar-refractivity contribution is 6.76. The zero-order valence-electron chi connectivity index (χ0n) is 16.7. The van der Waals surface area contributed by atoms with Crippen molar-refractivity contribution in [3.8, 4) is 0 Å². The molecule has 4 nitrogen and oxygen atoms in total. The van der Waals surface area contributed by atoms with Gasteiger partial charge in [-0.15, -0.1) is 0 Å². The Kier molecular flexibility index (Phi) is 8.94. The number of halogens is 3. The van der Waals surface area contributed by atoms with E-state index in [4.69, 9.17) is 4.74 Å². The monoisotopic (exact) mass is 415 g/mol. The largest absolute Gasteiger partial charge is 0.471 e. The molecular weight excluding hydrogens is 387 g/mol. The van der Waals surface area contributed by atoms with Crippen LogP contribution in [0.1, 0.15) is 18.9 Å². The number of esters is 1. The summed E-state index contributed by atoms with van der Waals surface area (Å²) in [5, 5.41) is 1.88. The Balaban J connectivity index is 2.80. The van der Waals surface area contributed by atoms with E-state index < -0.39 is 38.1 Å². The maximum atomic E-state index is 12.5. The van der Waals surface area contributed by atoms with Gasteiger partial charge in [0.15, 0.2) is 0 Å². The lowest BCUT2D eigenvalue weighted by Crippen LogP contribution is -2.43. The number of nitrogens with one attached hydrogen (secondary N) is 1. The minimum absolute atomic E-state index is 0.0108. The van der Waals surface area contributed by atoms with E-state index in [1.807, 2.05) is 35.6 Å². The Morgan fingerprint density at radius 3 is 2.32 bits per heavy atom. The van der Waals surface area contributed by atoms with Crippen molar-refractivity contribution in [2.75, 3.05) is 6.61 Å². The Labute approximate surface area is 165 Å². The summed E-state index contributed by atoms with van der Waals surface area (Å²) in [6, 6.07) is 9.18. The molecule has 1 amide bonds. The van der Waals surface area contributed by atoms with Gasteiger partial charge in [0.25, 0.3) is 0 Å². The smallest absolute Gasteiger partial charge is 0.466 e. The van der Waals surface area contributed by atoms with Gasteiger partial charge in [0.2, 0.25) is 0 Å². The predicted molar refractivity (Wildman–Crippen MR) is 106 cm³/mol. The van der Waals surface area contributed by atoms with Crippen molar-refractivity contribution in [1.82, 2.24) is 5.32 Å². The third-order valence-electron chi connectivity index (χ3n) is 3.96. The van der Waals surface area contributed by atoms with Crippen LogP contribution in [0.15, 0.2) is 36.4 Å². The Morgan fingerprint density at radius 1 is 1.18 bits per heavy atom. The van der Waals surface area contributed by atoms with E-state index in [9.17, 15) is 22.8 Å². The predicted octanol–water partition coefficient (Wildman–Crippen LogP) is 4.65. The van der Waals surface area contributed by atoms with Crippen LogP contribution in [0, 0.1) is 5.92 Å². The van der Waals surface area contributed by atoms with Gasteiger partial charge in [-0.3, -0.25) is 9.59 Å². The average molecular weight is 416 g/mol. The molecule has 0 aliphatic carbocycles. The molecule has 0 saturated carbocycles. The normalized spacial score (nSPS) is 14.5. The van der Waals surface area contributed by atoms with Crippen LogP contribution in [0.3, 0.4) is 0 Å². The van der Waals surface area contributed by atoms with Crippen LogP contribution in [-0.4, -0.2) is 38.8 Å². The third-order valence-corrected chi connectivity index (χ3v) is 5.67. The van der Waals surface area contributed by atoms with E-state index >= 15 is 0 Å². The molecule has 28 heavy (non-hydrogen) atoms. The summed E-state index contributed by atoms with van der Waals surface area (Å²) in [6.07, 6.45) is -1.61. The first-order chi connectivity index (χ1) is 12.9. The molecule has 2 atom stereocenters. The second-order valence-electron chi connectivity index (χ2n) is 7.96. The molecule has 0 spiro atoms. The minimum atomic E-state index is -4.96. The van der Waals surface area contributed by atoms with Gasteiger partial charge in [0.05, 0.1) is 12.5 Å². The summed E-state index contributed by atoms with van der Waals surface area (Å²) in [5.74, 6) is -3.28. The molecule has 0 fully saturated rings. The SMILES string of the molecule is C[C@@H](C[C@@H](/C=C/c1ccccc1)C(=O)OCC[Si](C)(C)C)NC(=O)C(F)(F)F. The van der Waals surface area contributed by atoms with Gasteiger partial charge in [-0.1, -0.05) is 62.1 Å². The molecule has 0 unspecified atom stereocenters. The first-order valence-electron chi connectivity index (χ1n) is 9.16. The van der Waals surface area contributed by atoms with Crippen LogP contribution in [-0.2, 0) is 14.3 Å². The topological polar surface area (TPSA) is 55.4 Å². The molecule has 0 aliphatic heterocycles. The lowest BCUT2D eigenvalue weighted by molar-refractivity contribution is -0.174. The van der Waals surface area contributed by atoms with Crippen molar-refractivity contribution in [3.63, 3.8) is 0 Å². The average Bonchev–Trinajstić information content (AvgIpc) is 2.57. The van der Waals surface area contributed by atoms with Gasteiger partial charge in [-0.25, -0.2) is 0 Å². The molecule has 0 saturated heterocycles. The Bertz CT molecular complexity index is 670. The van der Waals surface area contributed by atoms with Crippen LogP contribution < -0.4 is 5.32 Å². The molecule has 8 heteroatoms. The quantitative estimate of drug-likeness (QED) is 0.472. The number of rotatable bonds is 9. The molecule has 0 radical (unpaired) electrons. The number of alkyl halides is 3. The van der Waals surface area contributed by atoms with Crippen LogP contribution in [0.5, 0.6) is 0 Å². The number of hydrogen-bond donors (Lipinski definition) is 1. The Hall–Kier alpha value is -2.09. The molecule has 1 rings (SSSR count). The standard InChI is InChI=1S/C20H28F3NO3Si/c1-15(24-19(26)20(21,22)23)14-17(11-10-16-8-6-5-7-9-16)18(25)27-12-13-28(2,3)4/h5-11,15,17H,12-14H2,1-4H3,(H,24,26)/b11-10+/t15-,17+/m0/s1. The summed E-state index contributed by atoms with van der Waals surface area (Å²) in [7, 11) is -1.38. The second-order valence-corrected chi connectivity index (χ2v) is 13.6. The highest BCUT2D eigenvalue weighted by Gasteiger charge is 2.39. The molecule has 1 aromatic rings. The third kappa shape index (κ3) is 9.73. The van der Waals surface area contributed by atoms with Gasteiger partial charge in [0, 0.05) is 14.1 Å². The fourth-order valence-corrected chi connectivity index (χ4v) is 3.07. The van der Waals surface area contributed by atoms with Crippen molar-refractivity contribution in [1.29, 1.82) is 0 Å². The minimum Gasteiger partial charge on any atom is -0.466 e. The fourth-order valence-electron chi connectivity index (χ4n) is 2.36. The number of amides is 1. The fraction of sp³-hybridized carbons (Fsp3) is 0.500. The van der Waals surface area contributed by atoms with Crippen LogP contribution in [0.2, 0.25) is 25.7 Å². The number of hydrogen-bond acceptors (Lipinski definition) is 3. The number of carbonyl (C=O) groups is 2. The molecule has 0 heterocycles. The van der Waals surface area contributed by atoms with Gasteiger partial charge in [0.1, 0.15) is 0 Å². The highest BCUT2D eigenvalue weighted by atomic mass is 28.3. The number of carbonyl (C=O) groups excluding carboxylic acids is 2. The van der Waals surface area contributed by atoms with Gasteiger partial charge < -0.3 is 10.1 Å². The second kappa shape index (κ2) is 10.5. The molecule has 1 N–H and O–H groups in total. The summed E-state index contributed by atoms with van der Waals surface area (Å²) in [5.41, 5.74) is 0.856. The molecule has 1 aromatic carbocycles. The maximum absolute atomic E-state index is 12.5. The van der Waals surface area contributed by atoms with E-state index in [2.05, 4.69) is 19.6 Å². The molecule has 0 bridgehead atoms. The lowest BCUT2D eigenvalue weighted by Gasteiger charge is -2.20. The van der Waals surface area contributed by atoms with Gasteiger partial charge in [-0.05, 0) is 25.0 Å². The van der Waals surface area contributed by atoms with Crippen LogP contribution in [0.25, 0.3) is 6.08 Å².